The highest BCUT2D eigenvalue weighted by atomic mass is 35.5. The highest BCUT2D eigenvalue weighted by Crippen LogP contribution is 2.27. The van der Waals surface area contributed by atoms with Crippen LogP contribution in [-0.2, 0) is 0 Å². The molecule has 1 aromatic heterocycles. The lowest BCUT2D eigenvalue weighted by atomic mass is 9.93. The number of aliphatic hydroxyl groups is 1. The maximum absolute atomic E-state index is 13.0. The van der Waals surface area contributed by atoms with Crippen molar-refractivity contribution in [2.24, 2.45) is 5.92 Å². The van der Waals surface area contributed by atoms with Gasteiger partial charge in [0.05, 0.1) is 23.0 Å². The van der Waals surface area contributed by atoms with E-state index >= 15 is 0 Å². The van der Waals surface area contributed by atoms with E-state index in [4.69, 9.17) is 11.6 Å². The molecule has 0 radical (unpaired) electrons. The Morgan fingerprint density at radius 3 is 2.75 bits per heavy atom. The van der Waals surface area contributed by atoms with Crippen LogP contribution in [0.1, 0.15) is 35.8 Å². The summed E-state index contributed by atoms with van der Waals surface area (Å²) in [5, 5.41) is 14.6. The Balaban J connectivity index is 1.89. The zero-order chi connectivity index (χ0) is 17.3. The smallest absolute Gasteiger partial charge is 0.258 e. The Labute approximate surface area is 146 Å². The molecule has 1 N–H and O–H groups in total. The number of carbonyl (C=O) groups is 1. The van der Waals surface area contributed by atoms with Crippen molar-refractivity contribution < 1.29 is 9.90 Å². The van der Waals surface area contributed by atoms with Gasteiger partial charge in [-0.25, -0.2) is 4.68 Å². The summed E-state index contributed by atoms with van der Waals surface area (Å²) in [5.41, 5.74) is 1.89. The quantitative estimate of drug-likeness (QED) is 0.928. The summed E-state index contributed by atoms with van der Waals surface area (Å²) in [6.45, 7) is 4.83. The molecule has 1 aromatic carbocycles. The average molecular weight is 348 g/mol. The minimum absolute atomic E-state index is 0.106. The van der Waals surface area contributed by atoms with E-state index < -0.39 is 6.10 Å². The molecular formula is C18H22ClN3O2. The Hall–Kier alpha value is -1.85. The Bertz CT molecular complexity index is 727. The van der Waals surface area contributed by atoms with Crippen molar-refractivity contribution in [3.8, 4) is 5.69 Å². The fraction of sp³-hybridized carbons (Fsp3) is 0.444. The van der Waals surface area contributed by atoms with E-state index in [1.54, 1.807) is 23.4 Å². The van der Waals surface area contributed by atoms with Crippen molar-refractivity contribution in [2.75, 3.05) is 13.1 Å². The zero-order valence-corrected chi connectivity index (χ0v) is 14.7. The number of carbonyl (C=O) groups excluding carboxylic acids is 1. The van der Waals surface area contributed by atoms with Gasteiger partial charge in [0.1, 0.15) is 5.15 Å². The SMILES string of the molecule is Cc1nn(-c2ccccc2)c(Cl)c1C(=O)N1CCCC(C(C)O)C1. The first-order valence-corrected chi connectivity index (χ1v) is 8.64. The maximum Gasteiger partial charge on any atom is 0.258 e. The molecule has 0 spiro atoms. The molecule has 2 atom stereocenters. The number of hydrogen-bond acceptors (Lipinski definition) is 3. The van der Waals surface area contributed by atoms with Gasteiger partial charge in [-0.15, -0.1) is 0 Å². The van der Waals surface area contributed by atoms with Gasteiger partial charge < -0.3 is 10.0 Å². The summed E-state index contributed by atoms with van der Waals surface area (Å²) in [6, 6.07) is 9.53. The average Bonchev–Trinajstić information content (AvgIpc) is 2.89. The molecule has 1 aliphatic rings. The molecule has 6 heteroatoms. The standard InChI is InChI=1S/C18H22ClN3O2/c1-12-16(17(19)22(20-12)15-8-4-3-5-9-15)18(24)21-10-6-7-14(11-21)13(2)23/h3-5,8-9,13-14,23H,6-7,10-11H2,1-2H3. The van der Waals surface area contributed by atoms with Gasteiger partial charge in [-0.3, -0.25) is 4.79 Å². The molecule has 1 fully saturated rings. The monoisotopic (exact) mass is 347 g/mol. The number of aliphatic hydroxyl groups excluding tert-OH is 1. The minimum Gasteiger partial charge on any atom is -0.393 e. The lowest BCUT2D eigenvalue weighted by Crippen LogP contribution is -2.43. The Morgan fingerprint density at radius 1 is 1.38 bits per heavy atom. The number of aromatic nitrogens is 2. The lowest BCUT2D eigenvalue weighted by molar-refractivity contribution is 0.0465. The van der Waals surface area contributed by atoms with E-state index in [9.17, 15) is 9.90 Å². The number of likely N-dealkylation sites (tertiary alicyclic amines) is 1. The summed E-state index contributed by atoms with van der Waals surface area (Å²) in [5.74, 6) is 0.0102. The van der Waals surface area contributed by atoms with Gasteiger partial charge in [-0.2, -0.15) is 5.10 Å². The Morgan fingerprint density at radius 2 is 2.08 bits per heavy atom. The molecular weight excluding hydrogens is 326 g/mol. The van der Waals surface area contributed by atoms with Crippen LogP contribution in [0.15, 0.2) is 30.3 Å². The summed E-state index contributed by atoms with van der Waals surface area (Å²) in [4.78, 5) is 14.7. The second-order valence-corrected chi connectivity index (χ2v) is 6.75. The van der Waals surface area contributed by atoms with Gasteiger partial charge in [0.2, 0.25) is 0 Å². The van der Waals surface area contributed by atoms with Gasteiger partial charge in [0, 0.05) is 19.0 Å². The van der Waals surface area contributed by atoms with Crippen LogP contribution in [0.2, 0.25) is 5.15 Å². The van der Waals surface area contributed by atoms with Crippen LogP contribution in [0.5, 0.6) is 0 Å². The van der Waals surface area contributed by atoms with E-state index in [1.165, 1.54) is 0 Å². The summed E-state index contributed by atoms with van der Waals surface area (Å²) < 4.78 is 1.60. The normalized spacial score (nSPS) is 19.3. The number of benzene rings is 1. The van der Waals surface area contributed by atoms with Crippen molar-refractivity contribution >= 4 is 17.5 Å². The molecule has 0 aliphatic carbocycles. The topological polar surface area (TPSA) is 58.4 Å². The highest BCUT2D eigenvalue weighted by Gasteiger charge is 2.30. The molecule has 24 heavy (non-hydrogen) atoms. The first-order chi connectivity index (χ1) is 11.5. The number of aryl methyl sites for hydroxylation is 1. The van der Waals surface area contributed by atoms with Crippen LogP contribution >= 0.6 is 11.6 Å². The third-order valence-electron chi connectivity index (χ3n) is 4.65. The molecule has 1 aliphatic heterocycles. The molecule has 0 bridgehead atoms. The van der Waals surface area contributed by atoms with Gasteiger partial charge in [0.15, 0.2) is 0 Å². The molecule has 1 saturated heterocycles. The molecule has 2 aromatic rings. The number of piperidine rings is 1. The van der Waals surface area contributed by atoms with Crippen molar-refractivity contribution in [2.45, 2.75) is 32.8 Å². The molecule has 3 rings (SSSR count). The van der Waals surface area contributed by atoms with Crippen LogP contribution in [0, 0.1) is 12.8 Å². The molecule has 1 amide bonds. The number of hydrogen-bond donors (Lipinski definition) is 1. The van der Waals surface area contributed by atoms with Gasteiger partial charge in [-0.1, -0.05) is 29.8 Å². The summed E-state index contributed by atoms with van der Waals surface area (Å²) in [7, 11) is 0. The number of nitrogens with zero attached hydrogens (tertiary/aromatic N) is 3. The third-order valence-corrected chi connectivity index (χ3v) is 5.00. The Kier molecular flexibility index (Phi) is 4.92. The van der Waals surface area contributed by atoms with Crippen LogP contribution in [0.4, 0.5) is 0 Å². The fourth-order valence-corrected chi connectivity index (χ4v) is 3.58. The van der Waals surface area contributed by atoms with E-state index in [2.05, 4.69) is 5.10 Å². The van der Waals surface area contributed by atoms with Gasteiger partial charge in [-0.05, 0) is 38.8 Å². The van der Waals surface area contributed by atoms with Crippen LogP contribution in [0.25, 0.3) is 5.69 Å². The predicted molar refractivity (Wildman–Crippen MR) is 93.6 cm³/mol. The van der Waals surface area contributed by atoms with Crippen molar-refractivity contribution in [3.63, 3.8) is 0 Å². The molecule has 5 nitrogen and oxygen atoms in total. The van der Waals surface area contributed by atoms with E-state index in [0.717, 1.165) is 18.5 Å². The summed E-state index contributed by atoms with van der Waals surface area (Å²) >= 11 is 6.48. The first kappa shape index (κ1) is 17.0. The first-order valence-electron chi connectivity index (χ1n) is 8.27. The van der Waals surface area contributed by atoms with Crippen molar-refractivity contribution in [1.82, 2.24) is 14.7 Å². The van der Waals surface area contributed by atoms with Crippen molar-refractivity contribution in [1.29, 1.82) is 0 Å². The fourth-order valence-electron chi connectivity index (χ4n) is 3.23. The van der Waals surface area contributed by atoms with Gasteiger partial charge >= 0.3 is 0 Å². The second-order valence-electron chi connectivity index (χ2n) is 6.39. The molecule has 2 heterocycles. The molecule has 2 unspecified atom stereocenters. The van der Waals surface area contributed by atoms with Crippen LogP contribution in [0.3, 0.4) is 0 Å². The summed E-state index contributed by atoms with van der Waals surface area (Å²) in [6.07, 6.45) is 1.42. The highest BCUT2D eigenvalue weighted by molar-refractivity contribution is 6.33. The zero-order valence-electron chi connectivity index (χ0n) is 13.9. The van der Waals surface area contributed by atoms with Crippen LogP contribution in [-0.4, -0.2) is 44.9 Å². The van der Waals surface area contributed by atoms with E-state index in [-0.39, 0.29) is 11.8 Å². The third kappa shape index (κ3) is 3.19. The van der Waals surface area contributed by atoms with E-state index in [1.807, 2.05) is 30.3 Å². The molecule has 128 valence electrons. The van der Waals surface area contributed by atoms with Crippen LogP contribution < -0.4 is 0 Å². The number of rotatable bonds is 3. The van der Waals surface area contributed by atoms with E-state index in [0.29, 0.717) is 29.5 Å². The second kappa shape index (κ2) is 6.95. The largest absolute Gasteiger partial charge is 0.393 e. The maximum atomic E-state index is 13.0. The lowest BCUT2D eigenvalue weighted by Gasteiger charge is -2.34. The number of halogens is 1. The van der Waals surface area contributed by atoms with Crippen molar-refractivity contribution in [3.05, 3.63) is 46.7 Å². The predicted octanol–water partition coefficient (Wildman–Crippen LogP) is 3.07. The molecule has 0 saturated carbocycles. The number of para-hydroxylation sites is 1. The minimum atomic E-state index is -0.413. The van der Waals surface area contributed by atoms with Gasteiger partial charge in [0.25, 0.3) is 5.91 Å². The number of amides is 1.